The van der Waals surface area contributed by atoms with E-state index in [-0.39, 0.29) is 30.6 Å². The monoisotopic (exact) mass is 616 g/mol. The van der Waals surface area contributed by atoms with Crippen LogP contribution in [0.25, 0.3) is 0 Å². The zero-order chi connectivity index (χ0) is 31.4. The topological polar surface area (TPSA) is 128 Å². The van der Waals surface area contributed by atoms with E-state index in [1.165, 1.54) is 0 Å². The van der Waals surface area contributed by atoms with Crippen LogP contribution in [0.4, 0.5) is 23.9 Å². The van der Waals surface area contributed by atoms with E-state index in [2.05, 4.69) is 25.6 Å². The Kier molecular flexibility index (Phi) is 11.5. The van der Waals surface area contributed by atoms with Crippen molar-refractivity contribution in [1.29, 1.82) is 0 Å². The van der Waals surface area contributed by atoms with E-state index >= 15 is 0 Å². The van der Waals surface area contributed by atoms with Crippen LogP contribution in [-0.2, 0) is 17.7 Å². The molecular formula is C30H35F3N6O5. The predicted molar refractivity (Wildman–Crippen MR) is 155 cm³/mol. The van der Waals surface area contributed by atoms with E-state index in [0.717, 1.165) is 17.5 Å². The Balaban J connectivity index is 1.52. The first-order valence-corrected chi connectivity index (χ1v) is 14.4. The molecule has 0 atom stereocenters. The molecule has 0 saturated heterocycles. The lowest BCUT2D eigenvalue weighted by molar-refractivity contribution is -0.154. The minimum atomic E-state index is -4.56. The molecule has 236 valence electrons. The summed E-state index contributed by atoms with van der Waals surface area (Å²) in [6, 6.07) is 13.5. The van der Waals surface area contributed by atoms with Crippen LogP contribution >= 0.6 is 0 Å². The van der Waals surface area contributed by atoms with Gasteiger partial charge < -0.3 is 29.7 Å². The van der Waals surface area contributed by atoms with Crippen molar-refractivity contribution < 1.29 is 37.0 Å². The molecule has 0 unspecified atom stereocenters. The number of alkyl halides is 3. The summed E-state index contributed by atoms with van der Waals surface area (Å²) in [5, 5.41) is 5.87. The fourth-order valence-electron chi connectivity index (χ4n) is 4.20. The lowest BCUT2D eigenvalue weighted by Gasteiger charge is -2.22. The molecule has 14 heteroatoms. The highest BCUT2D eigenvalue weighted by Gasteiger charge is 2.29. The van der Waals surface area contributed by atoms with Gasteiger partial charge in [0.2, 0.25) is 5.95 Å². The van der Waals surface area contributed by atoms with Gasteiger partial charge >= 0.3 is 18.3 Å². The molecule has 1 aromatic heterocycles. The second-order valence-corrected chi connectivity index (χ2v) is 10.0. The van der Waals surface area contributed by atoms with Crippen molar-refractivity contribution >= 4 is 17.9 Å². The SMILES string of the molecule is CCCOC(=O)N1CCCNC(=O)c2ccc(cc2)Cc2nc(nc(OCC(F)(F)F)n2)NCc2ccc(cc2)OCCC1. The normalized spacial score (nSPS) is 15.0. The van der Waals surface area contributed by atoms with Gasteiger partial charge in [0, 0.05) is 38.2 Å². The summed E-state index contributed by atoms with van der Waals surface area (Å²) in [5.74, 6) is 0.610. The van der Waals surface area contributed by atoms with Crippen molar-refractivity contribution in [3.05, 3.63) is 71.0 Å². The Hall–Kier alpha value is -4.62. The highest BCUT2D eigenvalue weighted by atomic mass is 19.4. The van der Waals surface area contributed by atoms with Crippen LogP contribution in [0.5, 0.6) is 11.8 Å². The van der Waals surface area contributed by atoms with E-state index in [1.807, 2.05) is 19.1 Å². The standard InChI is InChI=1S/C30H35F3N6O5/c1-2-16-43-29(41)39-14-3-13-34-26(40)23-9-5-21(6-10-23)18-25-36-27(38-28(37-25)44-20-30(31,32)33)35-19-22-7-11-24(12-8-22)42-17-4-15-39/h5-12H,2-4,13-20H2,1H3,(H,34,40)(H,35,36,37,38). The number of carbonyl (C=O) groups excluding carboxylic acids is 2. The number of halogens is 3. The van der Waals surface area contributed by atoms with Crippen LogP contribution in [0.3, 0.4) is 0 Å². The van der Waals surface area contributed by atoms with E-state index in [4.69, 9.17) is 14.2 Å². The molecule has 6 bridgehead atoms. The van der Waals surface area contributed by atoms with E-state index < -0.39 is 24.9 Å². The Morgan fingerprint density at radius 1 is 0.977 bits per heavy atom. The fraction of sp³-hybridized carbons (Fsp3) is 0.433. The van der Waals surface area contributed by atoms with Crippen molar-refractivity contribution in [2.45, 2.75) is 45.3 Å². The number of ether oxygens (including phenoxy) is 3. The zero-order valence-electron chi connectivity index (χ0n) is 24.4. The minimum absolute atomic E-state index is 0.0555. The number of nitrogens with one attached hydrogen (secondary N) is 2. The number of carbonyl (C=O) groups is 2. The maximum atomic E-state index is 12.8. The number of amides is 2. The predicted octanol–water partition coefficient (Wildman–Crippen LogP) is 4.77. The number of anilines is 1. The molecule has 44 heavy (non-hydrogen) atoms. The number of rotatable bonds is 4. The number of hydrogen-bond acceptors (Lipinski definition) is 9. The zero-order valence-corrected chi connectivity index (χ0v) is 24.4. The molecule has 5 heterocycles. The second-order valence-electron chi connectivity index (χ2n) is 10.0. The second kappa shape index (κ2) is 15.7. The summed E-state index contributed by atoms with van der Waals surface area (Å²) in [4.78, 5) is 39.3. The quantitative estimate of drug-likeness (QED) is 0.426. The lowest BCUT2D eigenvalue weighted by Crippen LogP contribution is -2.36. The van der Waals surface area contributed by atoms with Gasteiger partial charge in [0.1, 0.15) is 11.6 Å². The van der Waals surface area contributed by atoms with Gasteiger partial charge in [0.25, 0.3) is 5.91 Å². The summed E-state index contributed by atoms with van der Waals surface area (Å²) >= 11 is 0. The van der Waals surface area contributed by atoms with Crippen LogP contribution in [-0.4, -0.2) is 77.5 Å². The van der Waals surface area contributed by atoms with Gasteiger partial charge in [-0.15, -0.1) is 0 Å². The summed E-state index contributed by atoms with van der Waals surface area (Å²) in [5.41, 5.74) is 2.01. The van der Waals surface area contributed by atoms with Crippen molar-refractivity contribution in [2.75, 3.05) is 44.8 Å². The van der Waals surface area contributed by atoms with Gasteiger partial charge in [-0.3, -0.25) is 4.79 Å². The summed E-state index contributed by atoms with van der Waals surface area (Å²) in [6.07, 6.45) is -2.97. The molecule has 4 aliphatic heterocycles. The molecule has 0 fully saturated rings. The molecule has 7 rings (SSSR count). The fourth-order valence-corrected chi connectivity index (χ4v) is 4.20. The molecule has 0 spiro atoms. The highest BCUT2D eigenvalue weighted by Crippen LogP contribution is 2.19. The van der Waals surface area contributed by atoms with Crippen LogP contribution in [0.2, 0.25) is 0 Å². The molecule has 11 nitrogen and oxygen atoms in total. The molecular weight excluding hydrogens is 581 g/mol. The van der Waals surface area contributed by atoms with Crippen molar-refractivity contribution in [3.63, 3.8) is 0 Å². The first-order valence-electron chi connectivity index (χ1n) is 14.4. The molecule has 3 aromatic rings. The number of benzene rings is 2. The summed E-state index contributed by atoms with van der Waals surface area (Å²) < 4.78 is 54.3. The first kappa shape index (κ1) is 32.3. The maximum absolute atomic E-state index is 12.8. The maximum Gasteiger partial charge on any atom is 0.422 e. The number of aromatic nitrogens is 3. The van der Waals surface area contributed by atoms with Crippen molar-refractivity contribution in [3.8, 4) is 11.8 Å². The Morgan fingerprint density at radius 3 is 2.43 bits per heavy atom. The van der Waals surface area contributed by atoms with Gasteiger partial charge in [0.15, 0.2) is 6.61 Å². The average Bonchev–Trinajstić information content (AvgIpc) is 3.01. The van der Waals surface area contributed by atoms with Crippen LogP contribution in [0.15, 0.2) is 48.5 Å². The Bertz CT molecular complexity index is 1370. The van der Waals surface area contributed by atoms with Gasteiger partial charge in [-0.2, -0.15) is 28.1 Å². The third-order valence-corrected chi connectivity index (χ3v) is 6.40. The number of nitrogens with zero attached hydrogens (tertiary/aromatic N) is 4. The van der Waals surface area contributed by atoms with Gasteiger partial charge in [0.05, 0.1) is 13.2 Å². The third-order valence-electron chi connectivity index (χ3n) is 6.40. The van der Waals surface area contributed by atoms with Crippen LogP contribution in [0, 0.1) is 0 Å². The third kappa shape index (κ3) is 10.6. The van der Waals surface area contributed by atoms with Gasteiger partial charge in [-0.25, -0.2) is 4.79 Å². The minimum Gasteiger partial charge on any atom is -0.494 e. The first-order chi connectivity index (χ1) is 21.2. The van der Waals surface area contributed by atoms with E-state index in [9.17, 15) is 22.8 Å². The molecule has 0 aliphatic carbocycles. The van der Waals surface area contributed by atoms with Crippen LogP contribution < -0.4 is 20.1 Å². The molecule has 0 radical (unpaired) electrons. The molecule has 2 aromatic carbocycles. The Morgan fingerprint density at radius 2 is 1.70 bits per heavy atom. The smallest absolute Gasteiger partial charge is 0.422 e. The van der Waals surface area contributed by atoms with Gasteiger partial charge in [-0.1, -0.05) is 31.2 Å². The number of hydrogen-bond donors (Lipinski definition) is 2. The Labute approximate surface area is 253 Å². The lowest BCUT2D eigenvalue weighted by atomic mass is 10.1. The molecule has 4 aliphatic rings. The van der Waals surface area contributed by atoms with Crippen LogP contribution in [0.1, 0.15) is 53.5 Å². The van der Waals surface area contributed by atoms with E-state index in [0.29, 0.717) is 57.0 Å². The molecule has 2 N–H and O–H groups in total. The van der Waals surface area contributed by atoms with Crippen molar-refractivity contribution in [2.24, 2.45) is 0 Å². The molecule has 2 amide bonds. The average molecular weight is 617 g/mol. The van der Waals surface area contributed by atoms with Crippen molar-refractivity contribution in [1.82, 2.24) is 25.2 Å². The largest absolute Gasteiger partial charge is 0.494 e. The molecule has 0 saturated carbocycles. The van der Waals surface area contributed by atoms with E-state index in [1.54, 1.807) is 41.3 Å². The summed E-state index contributed by atoms with van der Waals surface area (Å²) in [7, 11) is 0. The highest BCUT2D eigenvalue weighted by molar-refractivity contribution is 5.94. The summed E-state index contributed by atoms with van der Waals surface area (Å²) in [6.45, 7) is 2.56. The van der Waals surface area contributed by atoms with Gasteiger partial charge in [-0.05, 0) is 54.7 Å².